The summed E-state index contributed by atoms with van der Waals surface area (Å²) >= 11 is 0. The predicted octanol–water partition coefficient (Wildman–Crippen LogP) is 7.34. The Morgan fingerprint density at radius 2 is 1.04 bits per heavy atom. The number of hydrogen-bond donors (Lipinski definition) is 1. The fourth-order valence-corrected chi connectivity index (χ4v) is 3.37. The smallest absolute Gasteiger partial charge is 0.219 e. The summed E-state index contributed by atoms with van der Waals surface area (Å²) in [6, 6.07) is 0. The molecule has 0 unspecified atom stereocenters. The second kappa shape index (κ2) is 26.4. The maximum atomic E-state index is 11.7. The monoisotopic (exact) mass is 398 g/mol. The first-order valence-corrected chi connectivity index (χ1v) is 12.6. The first-order valence-electron chi connectivity index (χ1n) is 12.6. The van der Waals surface area contributed by atoms with Gasteiger partial charge in [0.25, 0.3) is 0 Å². The molecular formula is C25H54N2O. The van der Waals surface area contributed by atoms with E-state index < -0.39 is 0 Å². The molecule has 0 saturated heterocycles. The highest BCUT2D eigenvalue weighted by Crippen LogP contribution is 2.13. The van der Waals surface area contributed by atoms with Crippen LogP contribution >= 0.6 is 0 Å². The molecule has 0 aromatic carbocycles. The highest BCUT2D eigenvalue weighted by atomic mass is 16.1. The second-order valence-electron chi connectivity index (χ2n) is 8.21. The quantitative estimate of drug-likeness (QED) is 0.217. The van der Waals surface area contributed by atoms with Gasteiger partial charge in [-0.25, -0.2) is 0 Å². The van der Waals surface area contributed by atoms with Gasteiger partial charge in [-0.05, 0) is 33.5 Å². The van der Waals surface area contributed by atoms with Crippen LogP contribution in [0.3, 0.4) is 0 Å². The minimum absolute atomic E-state index is 0.235. The van der Waals surface area contributed by atoms with Gasteiger partial charge < -0.3 is 10.2 Å². The zero-order valence-electron chi connectivity index (χ0n) is 20.3. The van der Waals surface area contributed by atoms with Crippen LogP contribution in [-0.2, 0) is 4.79 Å². The Morgan fingerprint density at radius 1 is 0.643 bits per heavy atom. The summed E-state index contributed by atoms with van der Waals surface area (Å²) in [6.45, 7) is 8.14. The summed E-state index contributed by atoms with van der Waals surface area (Å²) in [5.74, 6) is 0.235. The zero-order valence-corrected chi connectivity index (χ0v) is 20.3. The van der Waals surface area contributed by atoms with Crippen molar-refractivity contribution >= 4 is 5.91 Å². The van der Waals surface area contributed by atoms with Crippen LogP contribution in [0, 0.1) is 0 Å². The van der Waals surface area contributed by atoms with E-state index in [4.69, 9.17) is 0 Å². The molecule has 0 fully saturated rings. The molecule has 3 heteroatoms. The minimum Gasteiger partial charge on any atom is -0.356 e. The van der Waals surface area contributed by atoms with Gasteiger partial charge in [0.1, 0.15) is 0 Å². The summed E-state index contributed by atoms with van der Waals surface area (Å²) in [4.78, 5) is 13.9. The normalized spacial score (nSPS) is 10.6. The zero-order chi connectivity index (χ0) is 21.3. The van der Waals surface area contributed by atoms with Crippen molar-refractivity contribution in [3.8, 4) is 0 Å². The highest BCUT2D eigenvalue weighted by Gasteiger charge is 2.00. The summed E-state index contributed by atoms with van der Waals surface area (Å²) in [7, 11) is 4.13. The van der Waals surface area contributed by atoms with Crippen LogP contribution in [0.2, 0.25) is 0 Å². The van der Waals surface area contributed by atoms with E-state index in [-0.39, 0.29) is 5.91 Å². The molecule has 0 aliphatic rings. The van der Waals surface area contributed by atoms with Gasteiger partial charge >= 0.3 is 0 Å². The molecule has 0 aliphatic carbocycles. The van der Waals surface area contributed by atoms with E-state index in [1.807, 2.05) is 13.8 Å². The van der Waals surface area contributed by atoms with Gasteiger partial charge in [-0.1, -0.05) is 111 Å². The van der Waals surface area contributed by atoms with Gasteiger partial charge in [0, 0.05) is 13.0 Å². The number of carbonyl (C=O) groups is 1. The fraction of sp³-hybridized carbons (Fsp3) is 0.960. The molecule has 3 nitrogen and oxygen atoms in total. The lowest BCUT2D eigenvalue weighted by Gasteiger charge is -2.09. The largest absolute Gasteiger partial charge is 0.356 e. The number of amides is 1. The van der Waals surface area contributed by atoms with Crippen molar-refractivity contribution in [3.05, 3.63) is 0 Å². The Morgan fingerprint density at radius 3 is 1.43 bits per heavy atom. The SMILES string of the molecule is CC.CCCCCCCCCCCCCCCCCC(=O)NCCCN(C)C. The lowest BCUT2D eigenvalue weighted by molar-refractivity contribution is -0.121. The van der Waals surface area contributed by atoms with E-state index >= 15 is 0 Å². The van der Waals surface area contributed by atoms with E-state index in [1.165, 1.54) is 89.9 Å². The van der Waals surface area contributed by atoms with Gasteiger partial charge in [0.2, 0.25) is 5.91 Å². The number of nitrogens with zero attached hydrogens (tertiary/aromatic N) is 1. The number of unbranched alkanes of at least 4 members (excludes halogenated alkanes) is 14. The van der Waals surface area contributed by atoms with Crippen LogP contribution < -0.4 is 5.32 Å². The second-order valence-corrected chi connectivity index (χ2v) is 8.21. The number of rotatable bonds is 20. The summed E-state index contributed by atoms with van der Waals surface area (Å²) in [5.41, 5.74) is 0. The van der Waals surface area contributed by atoms with E-state index in [0.29, 0.717) is 6.42 Å². The van der Waals surface area contributed by atoms with E-state index in [0.717, 1.165) is 25.9 Å². The van der Waals surface area contributed by atoms with Gasteiger partial charge in [-0.15, -0.1) is 0 Å². The molecule has 0 aromatic rings. The van der Waals surface area contributed by atoms with E-state index in [1.54, 1.807) is 0 Å². The standard InChI is InChI=1S/C23H48N2O.C2H6/c1-4-5-6-7-8-9-10-11-12-13-14-15-16-17-18-20-23(26)24-21-19-22-25(2)3;1-2/h4-22H2,1-3H3,(H,24,26);1-2H3. The average Bonchev–Trinajstić information content (AvgIpc) is 2.69. The first kappa shape index (κ1) is 29.6. The Kier molecular flexibility index (Phi) is 28.0. The van der Waals surface area contributed by atoms with E-state index in [2.05, 4.69) is 31.2 Å². The maximum absolute atomic E-state index is 11.7. The molecule has 170 valence electrons. The third-order valence-electron chi connectivity index (χ3n) is 5.11. The Labute approximate surface area is 178 Å². The van der Waals surface area contributed by atoms with Crippen LogP contribution in [0.25, 0.3) is 0 Å². The molecule has 0 saturated carbocycles. The number of hydrogen-bond acceptors (Lipinski definition) is 2. The Bertz CT molecular complexity index is 292. The molecule has 0 aromatic heterocycles. The van der Waals surface area contributed by atoms with Crippen LogP contribution in [0.4, 0.5) is 0 Å². The minimum atomic E-state index is 0.235. The van der Waals surface area contributed by atoms with Gasteiger partial charge in [0.15, 0.2) is 0 Å². The van der Waals surface area contributed by atoms with Crippen molar-refractivity contribution < 1.29 is 4.79 Å². The molecule has 0 rings (SSSR count). The Balaban J connectivity index is 0. The molecule has 0 atom stereocenters. The lowest BCUT2D eigenvalue weighted by atomic mass is 10.0. The summed E-state index contributed by atoms with van der Waals surface area (Å²) in [5, 5.41) is 3.02. The van der Waals surface area contributed by atoms with Crippen LogP contribution in [0.5, 0.6) is 0 Å². The topological polar surface area (TPSA) is 32.3 Å². The van der Waals surface area contributed by atoms with Gasteiger partial charge in [-0.3, -0.25) is 4.79 Å². The predicted molar refractivity (Wildman–Crippen MR) is 127 cm³/mol. The van der Waals surface area contributed by atoms with Crippen molar-refractivity contribution in [1.82, 2.24) is 10.2 Å². The van der Waals surface area contributed by atoms with Crippen molar-refractivity contribution in [2.45, 2.75) is 130 Å². The molecule has 0 aliphatic heterocycles. The number of nitrogens with one attached hydrogen (secondary N) is 1. The van der Waals surface area contributed by atoms with Gasteiger partial charge in [0.05, 0.1) is 0 Å². The number of carbonyl (C=O) groups excluding carboxylic acids is 1. The third kappa shape index (κ3) is 27.6. The van der Waals surface area contributed by atoms with Crippen molar-refractivity contribution in [1.29, 1.82) is 0 Å². The van der Waals surface area contributed by atoms with E-state index in [9.17, 15) is 4.79 Å². The van der Waals surface area contributed by atoms with Crippen LogP contribution in [-0.4, -0.2) is 38.0 Å². The Hall–Kier alpha value is -0.570. The molecular weight excluding hydrogens is 344 g/mol. The fourth-order valence-electron chi connectivity index (χ4n) is 3.37. The van der Waals surface area contributed by atoms with Crippen molar-refractivity contribution in [3.63, 3.8) is 0 Å². The maximum Gasteiger partial charge on any atom is 0.219 e. The molecule has 0 heterocycles. The molecule has 0 bridgehead atoms. The molecule has 1 N–H and O–H groups in total. The third-order valence-corrected chi connectivity index (χ3v) is 5.11. The van der Waals surface area contributed by atoms with Crippen molar-refractivity contribution in [2.24, 2.45) is 0 Å². The van der Waals surface area contributed by atoms with Crippen molar-refractivity contribution in [2.75, 3.05) is 27.2 Å². The van der Waals surface area contributed by atoms with Crippen LogP contribution in [0.1, 0.15) is 130 Å². The van der Waals surface area contributed by atoms with Gasteiger partial charge in [-0.2, -0.15) is 0 Å². The summed E-state index contributed by atoms with van der Waals surface area (Å²) < 4.78 is 0. The van der Waals surface area contributed by atoms with Crippen LogP contribution in [0.15, 0.2) is 0 Å². The average molecular weight is 399 g/mol. The molecule has 0 radical (unpaired) electrons. The first-order chi connectivity index (χ1) is 13.7. The lowest BCUT2D eigenvalue weighted by Crippen LogP contribution is -2.26. The highest BCUT2D eigenvalue weighted by molar-refractivity contribution is 5.75. The summed E-state index contributed by atoms with van der Waals surface area (Å²) in [6.07, 6.45) is 22.3. The molecule has 28 heavy (non-hydrogen) atoms. The molecule has 0 spiro atoms. The molecule has 1 amide bonds.